The van der Waals surface area contributed by atoms with Crippen LogP contribution in [0, 0.1) is 0 Å². The molecule has 0 aliphatic carbocycles. The van der Waals surface area contributed by atoms with E-state index >= 15 is 0 Å². The second kappa shape index (κ2) is 9.81. The molecule has 2 atom stereocenters. The van der Waals surface area contributed by atoms with Crippen molar-refractivity contribution in [3.05, 3.63) is 48.3 Å². The smallest absolute Gasteiger partial charge is 0.152 e. The Hall–Kier alpha value is -2.75. The highest BCUT2D eigenvalue weighted by atomic mass is 16.5. The summed E-state index contributed by atoms with van der Waals surface area (Å²) in [6, 6.07) is 7.65. The van der Waals surface area contributed by atoms with Crippen LogP contribution in [0.3, 0.4) is 0 Å². The highest BCUT2D eigenvalue weighted by Gasteiger charge is 2.15. The molecule has 2 aromatic rings. The predicted molar refractivity (Wildman–Crippen MR) is 103 cm³/mol. The van der Waals surface area contributed by atoms with E-state index in [1.807, 2.05) is 36.4 Å². The summed E-state index contributed by atoms with van der Waals surface area (Å²) in [4.78, 5) is 6.00. The van der Waals surface area contributed by atoms with E-state index in [2.05, 4.69) is 26.0 Å². The van der Waals surface area contributed by atoms with Crippen molar-refractivity contribution in [2.45, 2.75) is 25.2 Å². The molecule has 0 bridgehead atoms. The minimum Gasteiger partial charge on any atom is -0.394 e. The van der Waals surface area contributed by atoms with Gasteiger partial charge in [-0.2, -0.15) is 4.79 Å². The summed E-state index contributed by atoms with van der Waals surface area (Å²) in [6.45, 7) is 0.294. The van der Waals surface area contributed by atoms with E-state index in [-0.39, 0.29) is 18.9 Å². The first kappa shape index (κ1) is 19.0. The number of para-hydroxylation sites is 1. The summed E-state index contributed by atoms with van der Waals surface area (Å²) >= 11 is 0. The van der Waals surface area contributed by atoms with E-state index in [4.69, 9.17) is 9.47 Å². The fourth-order valence-corrected chi connectivity index (χ4v) is 2.57. The van der Waals surface area contributed by atoms with Gasteiger partial charge in [-0.15, -0.1) is 5.10 Å². The summed E-state index contributed by atoms with van der Waals surface area (Å²) in [6.07, 6.45) is 8.26. The molecule has 0 unspecified atom stereocenters. The molecular weight excluding hydrogens is 348 g/mol. The van der Waals surface area contributed by atoms with Gasteiger partial charge in [0.05, 0.1) is 12.7 Å². The molecule has 0 amide bonds. The quantitative estimate of drug-likeness (QED) is 0.362. The van der Waals surface area contributed by atoms with Gasteiger partial charge in [-0.1, -0.05) is 24.3 Å². The van der Waals surface area contributed by atoms with E-state index in [1.165, 1.54) is 0 Å². The molecule has 0 fully saturated rings. The monoisotopic (exact) mass is 372 g/mol. The van der Waals surface area contributed by atoms with Crippen LogP contribution in [0.1, 0.15) is 12.8 Å². The summed E-state index contributed by atoms with van der Waals surface area (Å²) in [5, 5.41) is 20.6. The molecule has 3 N–H and O–H groups in total. The Kier molecular flexibility index (Phi) is 6.91. The Morgan fingerprint density at radius 2 is 2.26 bits per heavy atom. The molecular formula is C18H24N6O3. The van der Waals surface area contributed by atoms with Crippen molar-refractivity contribution in [2.75, 3.05) is 25.9 Å². The lowest BCUT2D eigenvalue weighted by Gasteiger charge is -2.16. The van der Waals surface area contributed by atoms with Gasteiger partial charge in [0.1, 0.15) is 23.6 Å². The topological polar surface area (TPSA) is 106 Å². The Morgan fingerprint density at radius 3 is 3.11 bits per heavy atom. The maximum Gasteiger partial charge on any atom is 0.152 e. The minimum atomic E-state index is -0.326. The van der Waals surface area contributed by atoms with Gasteiger partial charge >= 0.3 is 0 Å². The van der Waals surface area contributed by atoms with Crippen LogP contribution in [-0.4, -0.2) is 59.2 Å². The Balaban J connectivity index is 1.70. The number of hydrogen-bond acceptors (Lipinski definition) is 8. The van der Waals surface area contributed by atoms with Crippen molar-refractivity contribution in [2.24, 2.45) is 4.99 Å². The van der Waals surface area contributed by atoms with Gasteiger partial charge in [0, 0.05) is 19.7 Å². The molecule has 1 aliphatic heterocycles. The number of hydrogen-bond donors (Lipinski definition) is 3. The number of nitrogens with one attached hydrogen (secondary N) is 2. The maximum atomic E-state index is 9.30. The number of allylic oxidation sites excluding steroid dienone is 1. The number of aliphatic hydroxyl groups excluding tert-OH is 1. The Bertz CT molecular complexity index is 816. The van der Waals surface area contributed by atoms with Crippen molar-refractivity contribution >= 4 is 17.2 Å². The highest BCUT2D eigenvalue weighted by molar-refractivity contribution is 5.75. The molecule has 27 heavy (non-hydrogen) atoms. The average molecular weight is 372 g/mol. The number of rotatable bonds is 8. The van der Waals surface area contributed by atoms with Crippen molar-refractivity contribution in [1.29, 1.82) is 0 Å². The Morgan fingerprint density at radius 1 is 1.41 bits per heavy atom. The second-order valence-corrected chi connectivity index (χ2v) is 5.93. The molecule has 0 radical (unpaired) electrons. The minimum absolute atomic E-state index is 0.0201. The van der Waals surface area contributed by atoms with E-state index in [9.17, 15) is 5.11 Å². The third-order valence-corrected chi connectivity index (χ3v) is 3.94. The molecule has 144 valence electrons. The number of fused-ring (bicyclic) bond motifs is 1. The van der Waals surface area contributed by atoms with Gasteiger partial charge in [0.2, 0.25) is 0 Å². The van der Waals surface area contributed by atoms with Gasteiger partial charge in [-0.25, -0.2) is 0 Å². The summed E-state index contributed by atoms with van der Waals surface area (Å²) in [5.74, 6) is 0.638. The van der Waals surface area contributed by atoms with Crippen LogP contribution in [-0.2, 0) is 9.47 Å². The first-order chi connectivity index (χ1) is 13.3. The van der Waals surface area contributed by atoms with Crippen LogP contribution in [0.25, 0.3) is 11.0 Å². The lowest BCUT2D eigenvalue weighted by Crippen LogP contribution is -2.28. The number of nitrogens with zero attached hydrogens (tertiary/aromatic N) is 4. The third-order valence-electron chi connectivity index (χ3n) is 3.94. The van der Waals surface area contributed by atoms with Crippen LogP contribution in [0.2, 0.25) is 0 Å². The van der Waals surface area contributed by atoms with Crippen molar-refractivity contribution in [1.82, 2.24) is 20.4 Å². The first-order valence-corrected chi connectivity index (χ1v) is 8.75. The summed E-state index contributed by atoms with van der Waals surface area (Å²) in [7, 11) is 1.60. The highest BCUT2D eigenvalue weighted by Crippen LogP contribution is 2.13. The average Bonchev–Trinajstić information content (AvgIpc) is 2.95. The number of aliphatic hydroxyl groups is 1. The summed E-state index contributed by atoms with van der Waals surface area (Å²) < 4.78 is 10.8. The number of aromatic nitrogens is 3. The number of aliphatic imine (C=N–C) groups is 1. The zero-order chi connectivity index (χ0) is 18.9. The molecule has 1 aliphatic rings. The molecule has 0 saturated heterocycles. The van der Waals surface area contributed by atoms with Crippen LogP contribution in [0.5, 0.6) is 0 Å². The predicted octanol–water partition coefficient (Wildman–Crippen LogP) is 1.13. The maximum absolute atomic E-state index is 9.30. The van der Waals surface area contributed by atoms with E-state index in [1.54, 1.807) is 24.2 Å². The van der Waals surface area contributed by atoms with Crippen molar-refractivity contribution < 1.29 is 14.6 Å². The van der Waals surface area contributed by atoms with Gasteiger partial charge in [-0.05, 0) is 29.8 Å². The number of methoxy groups -OCH3 is 1. The number of ether oxygens (including phenoxy) is 2. The van der Waals surface area contributed by atoms with Crippen LogP contribution >= 0.6 is 0 Å². The van der Waals surface area contributed by atoms with Crippen LogP contribution in [0.4, 0.5) is 0 Å². The Labute approximate surface area is 157 Å². The fraction of sp³-hybridized carbons (Fsp3) is 0.389. The zero-order valence-electron chi connectivity index (χ0n) is 15.2. The largest absolute Gasteiger partial charge is 0.394 e. The van der Waals surface area contributed by atoms with Gasteiger partial charge < -0.3 is 19.9 Å². The second-order valence-electron chi connectivity index (χ2n) is 5.93. The van der Waals surface area contributed by atoms with E-state index < -0.39 is 0 Å². The van der Waals surface area contributed by atoms with E-state index in [0.717, 1.165) is 11.0 Å². The molecule has 1 aromatic heterocycles. The summed E-state index contributed by atoms with van der Waals surface area (Å²) in [5.41, 5.74) is 4.77. The SMILES string of the molecule is COCNC(=CC=N[C@H]1CC=CC[C@@H](CO)O1)Nn1nnc2ccccc21. The lowest BCUT2D eigenvalue weighted by atomic mass is 10.2. The van der Waals surface area contributed by atoms with Gasteiger partial charge in [0.15, 0.2) is 6.23 Å². The van der Waals surface area contributed by atoms with Crippen LogP contribution < -0.4 is 10.7 Å². The van der Waals surface area contributed by atoms with E-state index in [0.29, 0.717) is 25.4 Å². The van der Waals surface area contributed by atoms with Crippen molar-refractivity contribution in [3.8, 4) is 0 Å². The van der Waals surface area contributed by atoms with Gasteiger partial charge in [-0.3, -0.25) is 10.4 Å². The molecule has 3 rings (SSSR count). The van der Waals surface area contributed by atoms with Crippen molar-refractivity contribution in [3.63, 3.8) is 0 Å². The molecule has 9 heteroatoms. The molecule has 2 heterocycles. The molecule has 0 saturated carbocycles. The first-order valence-electron chi connectivity index (χ1n) is 8.75. The zero-order valence-corrected chi connectivity index (χ0v) is 15.2. The molecule has 9 nitrogen and oxygen atoms in total. The normalized spacial score (nSPS) is 20.9. The van der Waals surface area contributed by atoms with Gasteiger partial charge in [0.25, 0.3) is 0 Å². The molecule has 0 spiro atoms. The third kappa shape index (κ3) is 5.36. The fourth-order valence-electron chi connectivity index (χ4n) is 2.57. The van der Waals surface area contributed by atoms with Crippen LogP contribution in [0.15, 0.2) is 53.3 Å². The molecule has 1 aromatic carbocycles. The lowest BCUT2D eigenvalue weighted by molar-refractivity contribution is -0.0280. The number of benzene rings is 1. The standard InChI is InChI=1S/C18H24N6O3/c1-26-13-20-17(22-24-16-8-4-3-7-15(16)21-23-24)10-11-19-18-9-5-2-6-14(12-25)27-18/h2-5,7-8,10-11,14,18,20,22,25H,6,9,12-13H2,1H3/t14-,18+/m0/s1.